The van der Waals surface area contributed by atoms with Crippen molar-refractivity contribution in [2.45, 2.75) is 25.9 Å². The van der Waals surface area contributed by atoms with Gasteiger partial charge in [0.2, 0.25) is 0 Å². The predicted octanol–water partition coefficient (Wildman–Crippen LogP) is 1.99. The number of amides is 1. The average Bonchev–Trinajstić information content (AvgIpc) is 2.48. The quantitative estimate of drug-likeness (QED) is 0.700. The minimum atomic E-state index is -1.17. The maximum Gasteiger partial charge on any atom is 0.405 e. The van der Waals surface area contributed by atoms with Crippen LogP contribution < -0.4 is 16.2 Å². The second-order valence-electron chi connectivity index (χ2n) is 5.19. The third-order valence-electron chi connectivity index (χ3n) is 3.50. The van der Waals surface area contributed by atoms with Gasteiger partial charge in [-0.3, -0.25) is 9.36 Å². The predicted molar refractivity (Wildman–Crippen MR) is 89.1 cm³/mol. The van der Waals surface area contributed by atoms with Gasteiger partial charge in [0, 0.05) is 6.54 Å². The number of fused-ring (bicyclic) bond motifs is 1. The number of hydrogen-bond donors (Lipinski definition) is 3. The molecule has 0 radical (unpaired) electrons. The van der Waals surface area contributed by atoms with Crippen LogP contribution >= 0.6 is 11.6 Å². The highest BCUT2D eigenvalue weighted by Gasteiger charge is 2.19. The van der Waals surface area contributed by atoms with Crippen LogP contribution in [-0.2, 0) is 6.54 Å². The Morgan fingerprint density at radius 2 is 2.22 bits per heavy atom. The Morgan fingerprint density at radius 3 is 2.87 bits per heavy atom. The Kier molecular flexibility index (Phi) is 5.57. The molecule has 0 saturated heterocycles. The molecule has 8 heteroatoms. The Balaban J connectivity index is 2.60. The van der Waals surface area contributed by atoms with Crippen molar-refractivity contribution in [3.63, 3.8) is 0 Å². The van der Waals surface area contributed by atoms with Crippen molar-refractivity contribution in [2.75, 3.05) is 13.6 Å². The molecule has 1 aromatic heterocycles. The van der Waals surface area contributed by atoms with E-state index in [2.05, 4.69) is 15.6 Å². The lowest BCUT2D eigenvalue weighted by atomic mass is 10.2. The Morgan fingerprint density at radius 1 is 1.48 bits per heavy atom. The molecule has 2 rings (SSSR count). The van der Waals surface area contributed by atoms with Crippen LogP contribution in [0.15, 0.2) is 23.0 Å². The highest BCUT2D eigenvalue weighted by molar-refractivity contribution is 6.35. The van der Waals surface area contributed by atoms with E-state index in [1.54, 1.807) is 25.1 Å². The third-order valence-corrected chi connectivity index (χ3v) is 3.81. The molecule has 0 saturated carbocycles. The average molecular weight is 339 g/mol. The van der Waals surface area contributed by atoms with Crippen LogP contribution in [0.5, 0.6) is 0 Å². The van der Waals surface area contributed by atoms with E-state index in [1.807, 2.05) is 7.05 Å². The molecule has 0 fully saturated rings. The van der Waals surface area contributed by atoms with Crippen LogP contribution in [0.1, 0.15) is 25.2 Å². The van der Waals surface area contributed by atoms with Gasteiger partial charge in [-0.05, 0) is 39.1 Å². The van der Waals surface area contributed by atoms with Gasteiger partial charge in [0.05, 0.1) is 22.0 Å². The lowest BCUT2D eigenvalue weighted by Gasteiger charge is -2.18. The molecule has 2 aromatic rings. The molecule has 1 unspecified atom stereocenters. The van der Waals surface area contributed by atoms with Crippen LogP contribution in [0.2, 0.25) is 5.02 Å². The molecule has 1 heterocycles. The summed E-state index contributed by atoms with van der Waals surface area (Å²) >= 11 is 6.14. The summed E-state index contributed by atoms with van der Waals surface area (Å²) in [4.78, 5) is 28.2. The van der Waals surface area contributed by atoms with E-state index >= 15 is 0 Å². The zero-order valence-electron chi connectivity index (χ0n) is 13.0. The fourth-order valence-electron chi connectivity index (χ4n) is 2.45. The topological polar surface area (TPSA) is 96.2 Å². The van der Waals surface area contributed by atoms with E-state index in [4.69, 9.17) is 16.7 Å². The SMILES string of the molecule is CNCCCn1c(C(C)NC(=O)O)nc2cccc(Cl)c2c1=O. The van der Waals surface area contributed by atoms with Gasteiger partial charge >= 0.3 is 6.09 Å². The van der Waals surface area contributed by atoms with Crippen molar-refractivity contribution in [3.05, 3.63) is 39.4 Å². The minimum absolute atomic E-state index is 0.259. The molecule has 124 valence electrons. The van der Waals surface area contributed by atoms with Gasteiger partial charge in [0.25, 0.3) is 5.56 Å². The van der Waals surface area contributed by atoms with Crippen molar-refractivity contribution in [1.29, 1.82) is 0 Å². The monoisotopic (exact) mass is 338 g/mol. The normalized spacial score (nSPS) is 12.3. The molecule has 23 heavy (non-hydrogen) atoms. The second kappa shape index (κ2) is 7.43. The number of halogens is 1. The summed E-state index contributed by atoms with van der Waals surface area (Å²) in [5.74, 6) is 0.378. The smallest absolute Gasteiger partial charge is 0.405 e. The van der Waals surface area contributed by atoms with Gasteiger partial charge in [-0.2, -0.15) is 0 Å². The lowest BCUT2D eigenvalue weighted by molar-refractivity contribution is 0.190. The zero-order valence-corrected chi connectivity index (χ0v) is 13.7. The number of benzene rings is 1. The molecule has 0 bridgehead atoms. The van der Waals surface area contributed by atoms with Crippen molar-refractivity contribution in [2.24, 2.45) is 0 Å². The first-order valence-electron chi connectivity index (χ1n) is 7.28. The number of nitrogens with zero attached hydrogens (tertiary/aromatic N) is 2. The molecule has 0 aliphatic heterocycles. The highest BCUT2D eigenvalue weighted by atomic mass is 35.5. The van der Waals surface area contributed by atoms with Crippen LogP contribution in [0, 0.1) is 0 Å². The first-order valence-corrected chi connectivity index (χ1v) is 7.66. The molecule has 3 N–H and O–H groups in total. The molecule has 0 aliphatic rings. The molecular formula is C15H19ClN4O3. The van der Waals surface area contributed by atoms with Gasteiger partial charge in [-0.25, -0.2) is 9.78 Å². The van der Waals surface area contributed by atoms with Gasteiger partial charge in [0.15, 0.2) is 0 Å². The number of carboxylic acid groups (broad SMARTS) is 1. The van der Waals surface area contributed by atoms with Crippen molar-refractivity contribution >= 4 is 28.6 Å². The molecule has 7 nitrogen and oxygen atoms in total. The van der Waals surface area contributed by atoms with E-state index in [-0.39, 0.29) is 5.56 Å². The molecule has 1 amide bonds. The zero-order chi connectivity index (χ0) is 17.0. The van der Waals surface area contributed by atoms with Gasteiger partial charge in [-0.1, -0.05) is 17.7 Å². The number of nitrogens with one attached hydrogen (secondary N) is 2. The number of carbonyl (C=O) groups is 1. The molecule has 0 spiro atoms. The number of aromatic nitrogens is 2. The van der Waals surface area contributed by atoms with Gasteiger partial charge in [-0.15, -0.1) is 0 Å². The Hall–Kier alpha value is -2.12. The molecule has 1 aromatic carbocycles. The van der Waals surface area contributed by atoms with Crippen molar-refractivity contribution in [3.8, 4) is 0 Å². The molecule has 1 atom stereocenters. The maximum atomic E-state index is 12.8. The number of hydrogen-bond acceptors (Lipinski definition) is 4. The largest absolute Gasteiger partial charge is 0.465 e. The van der Waals surface area contributed by atoms with Gasteiger partial charge < -0.3 is 15.7 Å². The highest BCUT2D eigenvalue weighted by Crippen LogP contribution is 2.20. The summed E-state index contributed by atoms with van der Waals surface area (Å²) in [6.07, 6.45) is -0.458. The third kappa shape index (κ3) is 3.80. The summed E-state index contributed by atoms with van der Waals surface area (Å²) in [5, 5.41) is 15.0. The summed E-state index contributed by atoms with van der Waals surface area (Å²) in [6, 6.07) is 4.43. The fraction of sp³-hybridized carbons (Fsp3) is 0.400. The van der Waals surface area contributed by atoms with E-state index in [0.717, 1.165) is 6.54 Å². The maximum absolute atomic E-state index is 12.8. The first-order chi connectivity index (χ1) is 11.0. The van der Waals surface area contributed by atoms with E-state index in [9.17, 15) is 9.59 Å². The summed E-state index contributed by atoms with van der Waals surface area (Å²) in [7, 11) is 1.83. The second-order valence-corrected chi connectivity index (χ2v) is 5.60. The number of rotatable bonds is 6. The van der Waals surface area contributed by atoms with Crippen LogP contribution in [0.3, 0.4) is 0 Å². The van der Waals surface area contributed by atoms with Gasteiger partial charge in [0.1, 0.15) is 5.82 Å². The summed E-state index contributed by atoms with van der Waals surface area (Å²) in [6.45, 7) is 2.81. The van der Waals surface area contributed by atoms with Crippen LogP contribution in [0.4, 0.5) is 4.79 Å². The molecule has 0 aliphatic carbocycles. The standard InChI is InChI=1S/C15H19ClN4O3/c1-9(18-15(22)23)13-19-11-6-3-5-10(16)12(11)14(21)20(13)8-4-7-17-2/h3,5-6,9,17-18H,4,7-8H2,1-2H3,(H,22,23). The van der Waals surface area contributed by atoms with Crippen molar-refractivity contribution < 1.29 is 9.90 Å². The minimum Gasteiger partial charge on any atom is -0.465 e. The van der Waals surface area contributed by atoms with E-state index in [0.29, 0.717) is 34.7 Å². The van der Waals surface area contributed by atoms with Crippen molar-refractivity contribution in [1.82, 2.24) is 20.2 Å². The van der Waals surface area contributed by atoms with Crippen LogP contribution in [-0.4, -0.2) is 34.3 Å². The van der Waals surface area contributed by atoms with E-state index < -0.39 is 12.1 Å². The summed E-state index contributed by atoms with van der Waals surface area (Å²) < 4.78 is 1.49. The Bertz CT molecular complexity index is 775. The van der Waals surface area contributed by atoms with E-state index in [1.165, 1.54) is 4.57 Å². The molecular weight excluding hydrogens is 320 g/mol. The fourth-order valence-corrected chi connectivity index (χ4v) is 2.70. The first kappa shape index (κ1) is 17.2. The summed E-state index contributed by atoms with van der Waals surface area (Å²) in [5.41, 5.74) is 0.201. The Labute approximate surface area is 138 Å². The van der Waals surface area contributed by atoms with Crippen LogP contribution in [0.25, 0.3) is 10.9 Å². The lowest BCUT2D eigenvalue weighted by Crippen LogP contribution is -2.33.